The quantitative estimate of drug-likeness (QED) is 0.741. The van der Waals surface area contributed by atoms with Crippen LogP contribution >= 0.6 is 11.8 Å². The number of nitrogens with zero attached hydrogens (tertiary/aromatic N) is 2. The van der Waals surface area contributed by atoms with Gasteiger partial charge >= 0.3 is 0 Å². The average Bonchev–Trinajstić information content (AvgIpc) is 2.53. The van der Waals surface area contributed by atoms with E-state index in [2.05, 4.69) is 10.3 Å². The topological polar surface area (TPSA) is 63.5 Å². The number of fused-ring (bicyclic) bond motifs is 1. The fourth-order valence-corrected chi connectivity index (χ4v) is 3.22. The highest BCUT2D eigenvalue weighted by Crippen LogP contribution is 2.23. The third kappa shape index (κ3) is 3.65. The first kappa shape index (κ1) is 16.3. The number of amides is 1. The van der Waals surface area contributed by atoms with Crippen LogP contribution in [0.3, 0.4) is 0 Å². The van der Waals surface area contributed by atoms with Crippen LogP contribution in [0.15, 0.2) is 58.2 Å². The molecule has 0 atom stereocenters. The second-order valence-electron chi connectivity index (χ2n) is 5.44. The second-order valence-corrected chi connectivity index (χ2v) is 6.49. The molecule has 0 radical (unpaired) electrons. The lowest BCUT2D eigenvalue weighted by Crippen LogP contribution is -2.17. The van der Waals surface area contributed by atoms with E-state index in [9.17, 15) is 9.59 Å². The van der Waals surface area contributed by atoms with Crippen molar-refractivity contribution in [2.75, 3.05) is 5.32 Å². The Balaban J connectivity index is 1.76. The Morgan fingerprint density at radius 1 is 1.21 bits per heavy atom. The van der Waals surface area contributed by atoms with Crippen LogP contribution in [0.25, 0.3) is 5.65 Å². The molecule has 0 bridgehead atoms. The molecule has 122 valence electrons. The highest BCUT2D eigenvalue weighted by molar-refractivity contribution is 7.98. The molecule has 1 amide bonds. The van der Waals surface area contributed by atoms with Crippen LogP contribution in [0.4, 0.5) is 5.69 Å². The Labute approximate surface area is 143 Å². The van der Waals surface area contributed by atoms with Crippen molar-refractivity contribution in [2.45, 2.75) is 24.5 Å². The molecule has 6 heteroatoms. The Morgan fingerprint density at radius 3 is 2.67 bits per heavy atom. The predicted molar refractivity (Wildman–Crippen MR) is 96.5 cm³/mol. The third-order valence-electron chi connectivity index (χ3n) is 3.49. The molecule has 2 heterocycles. The van der Waals surface area contributed by atoms with Crippen molar-refractivity contribution >= 4 is 29.0 Å². The van der Waals surface area contributed by atoms with Crippen molar-refractivity contribution in [2.24, 2.45) is 0 Å². The van der Waals surface area contributed by atoms with Crippen molar-refractivity contribution in [1.29, 1.82) is 0 Å². The van der Waals surface area contributed by atoms with E-state index in [1.54, 1.807) is 22.2 Å². The largest absolute Gasteiger partial charge is 0.326 e. The van der Waals surface area contributed by atoms with Crippen molar-refractivity contribution in [3.63, 3.8) is 0 Å². The number of carbonyl (C=O) groups is 1. The standard InChI is InChI=1S/C18H17N3O2S/c1-12-4-3-5-17-20-15(10-18(23)21(12)17)11-24-16-8-6-14(7-9-16)19-13(2)22/h3-10H,11H2,1-2H3,(H,19,22). The maximum absolute atomic E-state index is 12.3. The van der Waals surface area contributed by atoms with E-state index in [4.69, 9.17) is 0 Å². The van der Waals surface area contributed by atoms with Crippen LogP contribution in [0, 0.1) is 6.92 Å². The smallest absolute Gasteiger partial charge is 0.258 e. The summed E-state index contributed by atoms with van der Waals surface area (Å²) in [6, 6.07) is 14.8. The van der Waals surface area contributed by atoms with Gasteiger partial charge in [-0.3, -0.25) is 14.0 Å². The zero-order chi connectivity index (χ0) is 17.1. The molecule has 5 nitrogen and oxygen atoms in total. The number of carbonyl (C=O) groups excluding carboxylic acids is 1. The molecular formula is C18H17N3O2S. The Morgan fingerprint density at radius 2 is 1.96 bits per heavy atom. The number of thioether (sulfide) groups is 1. The lowest BCUT2D eigenvalue weighted by Gasteiger charge is -2.07. The summed E-state index contributed by atoms with van der Waals surface area (Å²) < 4.78 is 1.61. The number of hydrogen-bond acceptors (Lipinski definition) is 4. The van der Waals surface area contributed by atoms with Crippen molar-refractivity contribution in [3.05, 3.63) is 70.3 Å². The van der Waals surface area contributed by atoms with Crippen LogP contribution in [0.5, 0.6) is 0 Å². The summed E-state index contributed by atoms with van der Waals surface area (Å²) in [5.41, 5.74) is 3.00. The number of anilines is 1. The summed E-state index contributed by atoms with van der Waals surface area (Å²) in [6.07, 6.45) is 0. The number of nitrogens with one attached hydrogen (secondary N) is 1. The maximum atomic E-state index is 12.3. The van der Waals surface area contributed by atoms with Crippen molar-refractivity contribution in [1.82, 2.24) is 9.38 Å². The summed E-state index contributed by atoms with van der Waals surface area (Å²) in [5, 5.41) is 2.73. The van der Waals surface area contributed by atoms with E-state index >= 15 is 0 Å². The van der Waals surface area contributed by atoms with Crippen LogP contribution in [0.2, 0.25) is 0 Å². The number of aromatic nitrogens is 2. The number of benzene rings is 1. The van der Waals surface area contributed by atoms with E-state index in [0.717, 1.165) is 22.0 Å². The SMILES string of the molecule is CC(=O)Nc1ccc(SCc2cc(=O)n3c(C)cccc3n2)cc1. The second kappa shape index (κ2) is 6.88. The van der Waals surface area contributed by atoms with E-state index in [0.29, 0.717) is 11.4 Å². The molecule has 3 rings (SSSR count). The van der Waals surface area contributed by atoms with Gasteiger partial charge in [-0.25, -0.2) is 4.98 Å². The zero-order valence-electron chi connectivity index (χ0n) is 13.4. The van der Waals surface area contributed by atoms with Crippen molar-refractivity contribution in [3.8, 4) is 0 Å². The molecule has 0 aliphatic carbocycles. The van der Waals surface area contributed by atoms with Gasteiger partial charge in [0.05, 0.1) is 5.69 Å². The number of aryl methyl sites for hydroxylation is 1. The molecule has 0 saturated heterocycles. The lowest BCUT2D eigenvalue weighted by molar-refractivity contribution is -0.114. The minimum absolute atomic E-state index is 0.0605. The fraction of sp³-hybridized carbons (Fsp3) is 0.167. The monoisotopic (exact) mass is 339 g/mol. The third-order valence-corrected chi connectivity index (χ3v) is 4.54. The molecule has 0 aliphatic rings. The van der Waals surface area contributed by atoms with Gasteiger partial charge in [0.1, 0.15) is 5.65 Å². The van der Waals surface area contributed by atoms with Gasteiger partial charge in [-0.2, -0.15) is 0 Å². The summed E-state index contributed by atoms with van der Waals surface area (Å²) in [7, 11) is 0. The maximum Gasteiger partial charge on any atom is 0.258 e. The lowest BCUT2D eigenvalue weighted by atomic mass is 10.3. The van der Waals surface area contributed by atoms with Crippen LogP contribution in [-0.4, -0.2) is 15.3 Å². The minimum Gasteiger partial charge on any atom is -0.326 e. The van der Waals surface area contributed by atoms with E-state index in [-0.39, 0.29) is 11.5 Å². The Kier molecular flexibility index (Phi) is 4.66. The summed E-state index contributed by atoms with van der Waals surface area (Å²) in [6.45, 7) is 3.37. The molecular weight excluding hydrogens is 322 g/mol. The predicted octanol–water partition coefficient (Wildman–Crippen LogP) is 3.25. The highest BCUT2D eigenvalue weighted by Gasteiger charge is 2.05. The Bertz CT molecular complexity index is 949. The first-order valence-corrected chi connectivity index (χ1v) is 8.50. The van der Waals surface area contributed by atoms with Crippen molar-refractivity contribution < 1.29 is 4.79 Å². The van der Waals surface area contributed by atoms with E-state index in [1.807, 2.05) is 49.4 Å². The normalized spacial score (nSPS) is 10.8. The van der Waals surface area contributed by atoms with E-state index in [1.165, 1.54) is 6.92 Å². The minimum atomic E-state index is -0.0912. The number of hydrogen-bond donors (Lipinski definition) is 1. The molecule has 0 unspecified atom stereocenters. The van der Waals surface area contributed by atoms with Gasteiger partial charge in [-0.15, -0.1) is 11.8 Å². The molecule has 3 aromatic rings. The summed E-state index contributed by atoms with van der Waals surface area (Å²) >= 11 is 1.60. The molecule has 24 heavy (non-hydrogen) atoms. The van der Waals surface area contributed by atoms with Gasteiger partial charge in [0.15, 0.2) is 0 Å². The highest BCUT2D eigenvalue weighted by atomic mass is 32.2. The van der Waals surface area contributed by atoms with Gasteiger partial charge in [0, 0.05) is 35.0 Å². The van der Waals surface area contributed by atoms with E-state index < -0.39 is 0 Å². The van der Waals surface area contributed by atoms with Gasteiger partial charge in [-0.1, -0.05) is 6.07 Å². The fourth-order valence-electron chi connectivity index (χ4n) is 2.43. The Hall–Kier alpha value is -2.60. The molecule has 2 aromatic heterocycles. The first-order chi connectivity index (χ1) is 11.5. The van der Waals surface area contributed by atoms with Gasteiger partial charge < -0.3 is 5.32 Å². The first-order valence-electron chi connectivity index (χ1n) is 7.52. The average molecular weight is 339 g/mol. The summed E-state index contributed by atoms with van der Waals surface area (Å²) in [5.74, 6) is 0.519. The number of rotatable bonds is 4. The molecule has 1 aromatic carbocycles. The van der Waals surface area contributed by atoms with Crippen LogP contribution in [-0.2, 0) is 10.5 Å². The van der Waals surface area contributed by atoms with Gasteiger partial charge in [0.2, 0.25) is 5.91 Å². The van der Waals surface area contributed by atoms with Gasteiger partial charge in [-0.05, 0) is 43.3 Å². The van der Waals surface area contributed by atoms with Crippen LogP contribution < -0.4 is 10.9 Å². The molecule has 0 spiro atoms. The zero-order valence-corrected chi connectivity index (χ0v) is 14.3. The summed E-state index contributed by atoms with van der Waals surface area (Å²) in [4.78, 5) is 28.9. The van der Waals surface area contributed by atoms with Crippen LogP contribution in [0.1, 0.15) is 18.3 Å². The number of pyridine rings is 1. The molecule has 0 saturated carbocycles. The molecule has 0 aliphatic heterocycles. The van der Waals surface area contributed by atoms with Gasteiger partial charge in [0.25, 0.3) is 5.56 Å². The molecule has 1 N–H and O–H groups in total. The molecule has 0 fully saturated rings.